The summed E-state index contributed by atoms with van der Waals surface area (Å²) >= 11 is 0. The molecule has 1 heterocycles. The second-order valence-electron chi connectivity index (χ2n) is 5.23. The predicted octanol–water partition coefficient (Wildman–Crippen LogP) is 2.49. The van der Waals surface area contributed by atoms with Crippen molar-refractivity contribution in [3.63, 3.8) is 0 Å². The van der Waals surface area contributed by atoms with E-state index in [1.165, 1.54) is 5.56 Å². The zero-order valence-electron chi connectivity index (χ0n) is 11.6. The normalized spacial score (nSPS) is 13.4. The minimum atomic E-state index is 0.438. The third kappa shape index (κ3) is 3.68. The lowest BCUT2D eigenvalue weighted by Crippen LogP contribution is -2.11. The van der Waals surface area contributed by atoms with E-state index in [-0.39, 0.29) is 0 Å². The van der Waals surface area contributed by atoms with Gasteiger partial charge < -0.3 is 9.47 Å². The summed E-state index contributed by atoms with van der Waals surface area (Å²) in [5.41, 5.74) is 2.81. The summed E-state index contributed by atoms with van der Waals surface area (Å²) < 4.78 is 11.0. The minimum absolute atomic E-state index is 0.438. The maximum atomic E-state index is 9.12. The summed E-state index contributed by atoms with van der Waals surface area (Å²) in [6, 6.07) is 4.07. The van der Waals surface area contributed by atoms with E-state index in [2.05, 4.69) is 24.9 Å². The summed E-state index contributed by atoms with van der Waals surface area (Å²) in [4.78, 5) is 4.46. The highest BCUT2D eigenvalue weighted by Crippen LogP contribution is 2.26. The second kappa shape index (κ2) is 6.53. The summed E-state index contributed by atoms with van der Waals surface area (Å²) in [5.74, 6) is 0.976. The molecule has 1 aliphatic carbocycles. The zero-order valence-corrected chi connectivity index (χ0v) is 11.6. The van der Waals surface area contributed by atoms with E-state index in [1.807, 2.05) is 6.07 Å². The molecule has 1 aromatic heterocycles. The third-order valence-electron chi connectivity index (χ3n) is 3.05. The molecule has 0 saturated carbocycles. The number of aromatic nitrogens is 1. The van der Waals surface area contributed by atoms with Crippen LogP contribution >= 0.6 is 0 Å². The van der Waals surface area contributed by atoms with Crippen LogP contribution in [0.1, 0.15) is 37.1 Å². The summed E-state index contributed by atoms with van der Waals surface area (Å²) in [7, 11) is 0. The quantitative estimate of drug-likeness (QED) is 0.737. The molecule has 0 saturated heterocycles. The molecular formula is C15H20N2O2. The van der Waals surface area contributed by atoms with Crippen molar-refractivity contribution in [1.29, 1.82) is 5.26 Å². The molecule has 4 heteroatoms. The first kappa shape index (κ1) is 13.8. The van der Waals surface area contributed by atoms with Crippen LogP contribution in [0.4, 0.5) is 0 Å². The van der Waals surface area contributed by atoms with Crippen LogP contribution in [0.25, 0.3) is 0 Å². The molecule has 0 atom stereocenters. The van der Waals surface area contributed by atoms with Crippen molar-refractivity contribution in [1.82, 2.24) is 4.98 Å². The van der Waals surface area contributed by atoms with E-state index in [0.29, 0.717) is 30.6 Å². The van der Waals surface area contributed by atoms with Crippen molar-refractivity contribution in [3.8, 4) is 11.9 Å². The fourth-order valence-corrected chi connectivity index (χ4v) is 2.16. The van der Waals surface area contributed by atoms with Crippen molar-refractivity contribution in [2.45, 2.75) is 33.1 Å². The van der Waals surface area contributed by atoms with Gasteiger partial charge in [-0.05, 0) is 36.8 Å². The molecule has 0 bridgehead atoms. The smallest absolute Gasteiger partial charge is 0.232 e. The Labute approximate surface area is 114 Å². The molecular weight excluding hydrogens is 240 g/mol. The highest BCUT2D eigenvalue weighted by molar-refractivity contribution is 5.44. The van der Waals surface area contributed by atoms with Crippen LogP contribution in [0.15, 0.2) is 6.07 Å². The van der Waals surface area contributed by atoms with Gasteiger partial charge in [-0.1, -0.05) is 13.8 Å². The number of aryl methyl sites for hydroxylation is 2. The summed E-state index contributed by atoms with van der Waals surface area (Å²) in [6.07, 6.45) is 3.13. The van der Waals surface area contributed by atoms with Crippen molar-refractivity contribution in [2.75, 3.05) is 19.8 Å². The fourth-order valence-electron chi connectivity index (χ4n) is 2.16. The zero-order chi connectivity index (χ0) is 13.7. The molecule has 0 radical (unpaired) electrons. The minimum Gasteiger partial charge on any atom is -0.474 e. The first-order valence-corrected chi connectivity index (χ1v) is 6.84. The molecule has 1 aromatic rings. The van der Waals surface area contributed by atoms with Crippen LogP contribution < -0.4 is 4.74 Å². The molecule has 0 aliphatic heterocycles. The third-order valence-corrected chi connectivity index (χ3v) is 3.05. The van der Waals surface area contributed by atoms with Crippen LogP contribution in [-0.4, -0.2) is 24.8 Å². The largest absolute Gasteiger partial charge is 0.474 e. The molecule has 4 nitrogen and oxygen atoms in total. The molecule has 0 fully saturated rings. The number of hydrogen-bond donors (Lipinski definition) is 0. The van der Waals surface area contributed by atoms with Gasteiger partial charge in [0.2, 0.25) is 5.88 Å². The highest BCUT2D eigenvalue weighted by Gasteiger charge is 2.17. The van der Waals surface area contributed by atoms with Crippen molar-refractivity contribution in [3.05, 3.63) is 22.9 Å². The van der Waals surface area contributed by atoms with Gasteiger partial charge in [0.1, 0.15) is 18.2 Å². The van der Waals surface area contributed by atoms with Gasteiger partial charge >= 0.3 is 0 Å². The standard InChI is InChI=1S/C15H20N2O2/c1-11(2)10-18-6-7-19-15-13(9-16)8-12-4-3-5-14(12)17-15/h8,11H,3-7,10H2,1-2H3. The second-order valence-corrected chi connectivity index (χ2v) is 5.23. The molecule has 0 unspecified atom stereocenters. The monoisotopic (exact) mass is 260 g/mol. The van der Waals surface area contributed by atoms with E-state index < -0.39 is 0 Å². The number of hydrogen-bond acceptors (Lipinski definition) is 4. The molecule has 1 aliphatic rings. The molecule has 0 spiro atoms. The van der Waals surface area contributed by atoms with Gasteiger partial charge in [-0.25, -0.2) is 4.98 Å². The van der Waals surface area contributed by atoms with Gasteiger partial charge in [-0.2, -0.15) is 5.26 Å². The Bertz CT molecular complexity index is 478. The number of rotatable bonds is 6. The van der Waals surface area contributed by atoms with Crippen LogP contribution in [0.3, 0.4) is 0 Å². The lowest BCUT2D eigenvalue weighted by atomic mass is 10.1. The van der Waals surface area contributed by atoms with Crippen molar-refractivity contribution < 1.29 is 9.47 Å². The first-order valence-electron chi connectivity index (χ1n) is 6.84. The number of nitriles is 1. The Morgan fingerprint density at radius 3 is 2.95 bits per heavy atom. The topological polar surface area (TPSA) is 55.1 Å². The van der Waals surface area contributed by atoms with E-state index in [1.54, 1.807) is 0 Å². The predicted molar refractivity (Wildman–Crippen MR) is 72.1 cm³/mol. The van der Waals surface area contributed by atoms with Crippen LogP contribution in [0, 0.1) is 17.2 Å². The van der Waals surface area contributed by atoms with Gasteiger partial charge in [0, 0.05) is 12.3 Å². The van der Waals surface area contributed by atoms with Gasteiger partial charge in [0.15, 0.2) is 0 Å². The van der Waals surface area contributed by atoms with Crippen LogP contribution in [0.5, 0.6) is 5.88 Å². The lowest BCUT2D eigenvalue weighted by Gasteiger charge is -2.10. The molecule has 2 rings (SSSR count). The average molecular weight is 260 g/mol. The molecule has 102 valence electrons. The Morgan fingerprint density at radius 1 is 1.37 bits per heavy atom. The highest BCUT2D eigenvalue weighted by atomic mass is 16.5. The molecule has 0 aromatic carbocycles. The van der Waals surface area contributed by atoms with Gasteiger partial charge in [-0.15, -0.1) is 0 Å². The SMILES string of the molecule is CC(C)COCCOc1nc2c(cc1C#N)CCC2. The summed E-state index contributed by atoms with van der Waals surface area (Å²) in [5, 5.41) is 9.12. The molecule has 0 N–H and O–H groups in total. The van der Waals surface area contributed by atoms with E-state index in [0.717, 1.165) is 31.6 Å². The van der Waals surface area contributed by atoms with Gasteiger partial charge in [-0.3, -0.25) is 0 Å². The van der Waals surface area contributed by atoms with Gasteiger partial charge in [0.25, 0.3) is 0 Å². The Morgan fingerprint density at radius 2 is 2.21 bits per heavy atom. The first-order chi connectivity index (χ1) is 9.20. The average Bonchev–Trinajstić information content (AvgIpc) is 2.83. The van der Waals surface area contributed by atoms with Crippen molar-refractivity contribution in [2.24, 2.45) is 5.92 Å². The number of nitrogens with zero attached hydrogens (tertiary/aromatic N) is 2. The van der Waals surface area contributed by atoms with Crippen LogP contribution in [-0.2, 0) is 17.6 Å². The summed E-state index contributed by atoms with van der Waals surface area (Å²) in [6.45, 7) is 5.91. The van der Waals surface area contributed by atoms with Crippen LogP contribution in [0.2, 0.25) is 0 Å². The lowest BCUT2D eigenvalue weighted by molar-refractivity contribution is 0.0805. The Hall–Kier alpha value is -1.60. The maximum Gasteiger partial charge on any atom is 0.232 e. The number of pyridine rings is 1. The Kier molecular flexibility index (Phi) is 4.75. The Balaban J connectivity index is 1.91. The molecule has 19 heavy (non-hydrogen) atoms. The van der Waals surface area contributed by atoms with Gasteiger partial charge in [0.05, 0.1) is 6.61 Å². The van der Waals surface area contributed by atoms with E-state index in [9.17, 15) is 0 Å². The number of fused-ring (bicyclic) bond motifs is 1. The maximum absolute atomic E-state index is 9.12. The fraction of sp³-hybridized carbons (Fsp3) is 0.600. The molecule has 0 amide bonds. The van der Waals surface area contributed by atoms with E-state index in [4.69, 9.17) is 14.7 Å². The number of ether oxygens (including phenoxy) is 2. The van der Waals surface area contributed by atoms with Crippen molar-refractivity contribution >= 4 is 0 Å². The van der Waals surface area contributed by atoms with E-state index >= 15 is 0 Å².